The molecule has 0 aliphatic heterocycles. The second-order valence-electron chi connectivity index (χ2n) is 0.751. The lowest BCUT2D eigenvalue weighted by atomic mass is 11.2. The lowest BCUT2D eigenvalue weighted by molar-refractivity contribution is 0.254. The van der Waals surface area contributed by atoms with Crippen molar-refractivity contribution in [3.8, 4) is 0 Å². The van der Waals surface area contributed by atoms with Crippen LogP contribution >= 0.6 is 25.4 Å². The molecule has 0 aliphatic rings. The molecular weight excluding hydrogens is 144 g/mol. The topological polar surface area (TPSA) is 55.1 Å². The smallest absolute Gasteiger partial charge is 0.322 e. The Labute approximate surface area is 59.3 Å². The van der Waals surface area contributed by atoms with E-state index in [4.69, 9.17) is 0 Å². The summed E-state index contributed by atoms with van der Waals surface area (Å²) in [5, 5.41) is 1.48. The molecule has 48 valence electrons. The van der Waals surface area contributed by atoms with Crippen LogP contribution in [0.5, 0.6) is 0 Å². The van der Waals surface area contributed by atoms with Gasteiger partial charge in [-0.3, -0.25) is 4.72 Å². The molecule has 0 aromatic heterocycles. The Hall–Kier alpha value is -0.290. The van der Waals surface area contributed by atoms with Gasteiger partial charge in [0.15, 0.2) is 0 Å². The van der Waals surface area contributed by atoms with Crippen molar-refractivity contribution >= 4 is 31.5 Å². The molecule has 0 aromatic carbocycles. The van der Waals surface area contributed by atoms with Crippen molar-refractivity contribution in [2.24, 2.45) is 5.73 Å². The van der Waals surface area contributed by atoms with E-state index in [1.165, 1.54) is 5.41 Å². The van der Waals surface area contributed by atoms with Gasteiger partial charge in [-0.15, -0.1) is 0 Å². The van der Waals surface area contributed by atoms with Crippen LogP contribution in [-0.2, 0) is 0 Å². The molecule has 0 saturated heterocycles. The lowest BCUT2D eigenvalue weighted by Crippen LogP contribution is -2.22. The summed E-state index contributed by atoms with van der Waals surface area (Å²) in [5.74, 6) is 0. The summed E-state index contributed by atoms with van der Waals surface area (Å²) >= 11 is 1.06. The highest BCUT2D eigenvalue weighted by atomic mass is 32.2. The van der Waals surface area contributed by atoms with Crippen molar-refractivity contribution in [3.05, 3.63) is 12.0 Å². The van der Waals surface area contributed by atoms with Gasteiger partial charge in [0.25, 0.3) is 0 Å². The molecule has 3 N–H and O–H groups in total. The Kier molecular flexibility index (Phi) is 8.93. The van der Waals surface area contributed by atoms with Crippen molar-refractivity contribution in [2.75, 3.05) is 0 Å². The summed E-state index contributed by atoms with van der Waals surface area (Å²) in [6, 6.07) is -0.551. The molecule has 0 aliphatic carbocycles. The molecule has 0 atom stereocenters. The highest BCUT2D eigenvalue weighted by molar-refractivity contribution is 8.00. The largest absolute Gasteiger partial charge is 0.351 e. The molecule has 0 heterocycles. The van der Waals surface area contributed by atoms with Gasteiger partial charge in [-0.05, 0) is 17.4 Å². The van der Waals surface area contributed by atoms with Gasteiger partial charge in [-0.1, -0.05) is 6.58 Å². The van der Waals surface area contributed by atoms with Crippen LogP contribution < -0.4 is 10.5 Å². The monoisotopic (exact) mass is 152 g/mol. The predicted molar refractivity (Wildman–Crippen MR) is 40.9 cm³/mol. The number of nitrogens with two attached hydrogens (primary N) is 1. The molecule has 5 heteroatoms. The average molecular weight is 152 g/mol. The highest BCUT2D eigenvalue weighted by Gasteiger charge is 1.82. The van der Waals surface area contributed by atoms with Crippen LogP contribution in [0.15, 0.2) is 12.0 Å². The number of nitrogens with one attached hydrogen (secondary N) is 1. The molecule has 0 rings (SSSR count). The van der Waals surface area contributed by atoms with Crippen molar-refractivity contribution in [1.82, 2.24) is 4.72 Å². The minimum atomic E-state index is -0.551. The third-order valence-corrected chi connectivity index (χ3v) is 0.729. The molecule has 0 bridgehead atoms. The number of carbonyl (C=O) groups is 1. The zero-order valence-electron chi connectivity index (χ0n) is 4.18. The maximum atomic E-state index is 9.80. The Bertz CT molecular complexity index is 85.4. The number of carbonyl (C=O) groups excluding carboxylic acids is 1. The first-order chi connectivity index (χ1) is 3.27. The SMILES string of the molecule is C=CSNC(N)=O.S. The van der Waals surface area contributed by atoms with Gasteiger partial charge in [0.05, 0.1) is 0 Å². The number of urea groups is 1. The van der Waals surface area contributed by atoms with Gasteiger partial charge in [0.2, 0.25) is 0 Å². The Morgan fingerprint density at radius 1 is 1.88 bits per heavy atom. The number of hydrogen-bond acceptors (Lipinski definition) is 2. The molecule has 3 nitrogen and oxygen atoms in total. The molecule has 8 heavy (non-hydrogen) atoms. The highest BCUT2D eigenvalue weighted by Crippen LogP contribution is 1.88. The van der Waals surface area contributed by atoms with Crippen molar-refractivity contribution in [3.63, 3.8) is 0 Å². The zero-order valence-corrected chi connectivity index (χ0v) is 5.99. The summed E-state index contributed by atoms with van der Waals surface area (Å²) in [4.78, 5) is 9.80. The zero-order chi connectivity index (χ0) is 5.70. The van der Waals surface area contributed by atoms with Crippen LogP contribution in [0.2, 0.25) is 0 Å². The molecule has 0 radical (unpaired) electrons. The van der Waals surface area contributed by atoms with E-state index in [2.05, 4.69) is 17.0 Å². The van der Waals surface area contributed by atoms with E-state index < -0.39 is 6.03 Å². The lowest BCUT2D eigenvalue weighted by Gasteiger charge is -1.88. The quantitative estimate of drug-likeness (QED) is 0.568. The maximum Gasteiger partial charge on any atom is 0.322 e. The summed E-state index contributed by atoms with van der Waals surface area (Å²) in [6.07, 6.45) is 0. The van der Waals surface area contributed by atoms with Crippen LogP contribution in [-0.4, -0.2) is 6.03 Å². The van der Waals surface area contributed by atoms with Crippen molar-refractivity contribution in [1.29, 1.82) is 0 Å². The summed E-state index contributed by atoms with van der Waals surface area (Å²) in [6.45, 7) is 3.33. The molecule has 0 spiro atoms. The first kappa shape index (κ1) is 10.6. The molecule has 0 saturated carbocycles. The van der Waals surface area contributed by atoms with Crippen LogP contribution in [0.4, 0.5) is 4.79 Å². The van der Waals surface area contributed by atoms with E-state index >= 15 is 0 Å². The van der Waals surface area contributed by atoms with E-state index in [1.807, 2.05) is 0 Å². The third kappa shape index (κ3) is 9.20. The van der Waals surface area contributed by atoms with E-state index in [1.54, 1.807) is 0 Å². The van der Waals surface area contributed by atoms with Crippen molar-refractivity contribution in [2.45, 2.75) is 0 Å². The Morgan fingerprint density at radius 3 is 2.50 bits per heavy atom. The van der Waals surface area contributed by atoms with Crippen LogP contribution in [0.3, 0.4) is 0 Å². The first-order valence-corrected chi connectivity index (χ1v) is 2.47. The molecule has 2 amide bonds. The molecule has 0 unspecified atom stereocenters. The van der Waals surface area contributed by atoms with E-state index in [0.717, 1.165) is 11.9 Å². The first-order valence-electron chi connectivity index (χ1n) is 1.59. The fourth-order valence-electron chi connectivity index (χ4n) is 0.0997. The third-order valence-electron chi connectivity index (χ3n) is 0.243. The number of amides is 2. The van der Waals surface area contributed by atoms with Gasteiger partial charge in [-0.2, -0.15) is 13.5 Å². The van der Waals surface area contributed by atoms with Gasteiger partial charge in [0.1, 0.15) is 0 Å². The van der Waals surface area contributed by atoms with Gasteiger partial charge in [-0.25, -0.2) is 4.79 Å². The van der Waals surface area contributed by atoms with Crippen LogP contribution in [0, 0.1) is 0 Å². The van der Waals surface area contributed by atoms with E-state index in [-0.39, 0.29) is 13.5 Å². The standard InChI is InChI=1S/C3H6N2OS.H2S/c1-2-7-5-3(4)6;/h2H,1H2,(H3,4,5,6);1H2. The number of hydrogen-bond donors (Lipinski definition) is 2. The fraction of sp³-hybridized carbons (Fsp3) is 0. The van der Waals surface area contributed by atoms with Crippen LogP contribution in [0.1, 0.15) is 0 Å². The predicted octanol–water partition coefficient (Wildman–Crippen LogP) is 0.559. The number of rotatable bonds is 2. The summed E-state index contributed by atoms with van der Waals surface area (Å²) in [5.41, 5.74) is 4.66. The van der Waals surface area contributed by atoms with Crippen LogP contribution in [0.25, 0.3) is 0 Å². The average Bonchev–Trinajstić information content (AvgIpc) is 1.61. The summed E-state index contributed by atoms with van der Waals surface area (Å²) < 4.78 is 2.23. The fourth-order valence-corrected chi connectivity index (χ4v) is 0.299. The number of primary amides is 1. The van der Waals surface area contributed by atoms with E-state index in [9.17, 15) is 4.79 Å². The van der Waals surface area contributed by atoms with Gasteiger partial charge in [0, 0.05) is 0 Å². The van der Waals surface area contributed by atoms with Gasteiger partial charge >= 0.3 is 6.03 Å². The molecular formula is C3H8N2OS2. The molecule has 0 fully saturated rings. The summed E-state index contributed by atoms with van der Waals surface area (Å²) in [7, 11) is 0. The Balaban J connectivity index is 0. The maximum absolute atomic E-state index is 9.80. The second-order valence-corrected chi connectivity index (χ2v) is 1.52. The second kappa shape index (κ2) is 6.71. The van der Waals surface area contributed by atoms with E-state index in [0.29, 0.717) is 0 Å². The van der Waals surface area contributed by atoms with Gasteiger partial charge < -0.3 is 5.73 Å². The normalized spacial score (nSPS) is 6.50. The Morgan fingerprint density at radius 2 is 2.38 bits per heavy atom. The minimum absolute atomic E-state index is 0. The minimum Gasteiger partial charge on any atom is -0.351 e. The van der Waals surface area contributed by atoms with Crippen molar-refractivity contribution < 1.29 is 4.79 Å². The molecule has 0 aromatic rings.